The molecule has 0 radical (unpaired) electrons. The number of hydrogen-bond acceptors (Lipinski definition) is 4. The van der Waals surface area contributed by atoms with Gasteiger partial charge in [0.2, 0.25) is 0 Å². The Bertz CT molecular complexity index is 106. The van der Waals surface area contributed by atoms with Crippen LogP contribution in [-0.2, 0) is 0 Å². The lowest BCUT2D eigenvalue weighted by Gasteiger charge is -2.00. The first-order valence-corrected chi connectivity index (χ1v) is 1.59. The fraction of sp³-hybridized carbons (Fsp3) is 0. The molecule has 0 aliphatic heterocycles. The third-order valence-corrected chi connectivity index (χ3v) is 0.423. The lowest BCUT2D eigenvalue weighted by molar-refractivity contribution is -0.632. The molecule has 0 saturated heterocycles. The topological polar surface area (TPSA) is 122 Å². The average molecular weight is 119 g/mol. The van der Waals surface area contributed by atoms with E-state index in [0.717, 1.165) is 0 Å². The van der Waals surface area contributed by atoms with E-state index in [1.54, 1.807) is 0 Å². The molecule has 0 aliphatic rings. The standard InChI is InChI=1S/CH5N5O2/c2-1(3)5(4)6(7)8/h4H2,(H3,2,3). The van der Waals surface area contributed by atoms with Gasteiger partial charge in [-0.15, -0.1) is 0 Å². The molecule has 7 heteroatoms. The van der Waals surface area contributed by atoms with Crippen molar-refractivity contribution in [1.82, 2.24) is 5.12 Å². The zero-order valence-electron chi connectivity index (χ0n) is 3.87. The maximum Gasteiger partial charge on any atom is 0.272 e. The predicted octanol–water partition coefficient (Wildman–Crippen LogP) is -1.75. The Kier molecular flexibility index (Phi) is 1.72. The van der Waals surface area contributed by atoms with Gasteiger partial charge in [-0.2, -0.15) is 5.84 Å². The van der Waals surface area contributed by atoms with Crippen molar-refractivity contribution in [2.24, 2.45) is 11.6 Å². The summed E-state index contributed by atoms with van der Waals surface area (Å²) in [4.78, 5) is 9.53. The minimum absolute atomic E-state index is 0.0833. The smallest absolute Gasteiger partial charge is 0.272 e. The van der Waals surface area contributed by atoms with Gasteiger partial charge in [-0.3, -0.25) is 5.41 Å². The fourth-order valence-corrected chi connectivity index (χ4v) is 0.0880. The zero-order valence-corrected chi connectivity index (χ0v) is 3.87. The van der Waals surface area contributed by atoms with Crippen LogP contribution in [0.25, 0.3) is 0 Å². The number of nitrogens with zero attached hydrogens (tertiary/aromatic N) is 2. The van der Waals surface area contributed by atoms with Crippen LogP contribution < -0.4 is 11.6 Å². The lowest BCUT2D eigenvalue weighted by Crippen LogP contribution is -2.45. The van der Waals surface area contributed by atoms with E-state index in [1.807, 2.05) is 0 Å². The van der Waals surface area contributed by atoms with E-state index in [9.17, 15) is 10.1 Å². The van der Waals surface area contributed by atoms with Crippen LogP contribution in [0.4, 0.5) is 0 Å². The molecule has 0 unspecified atom stereocenters. The van der Waals surface area contributed by atoms with Crippen LogP contribution in [0, 0.1) is 15.5 Å². The van der Waals surface area contributed by atoms with Crippen molar-refractivity contribution in [3.8, 4) is 0 Å². The lowest BCUT2D eigenvalue weighted by atomic mass is 11.1. The number of nitrogens with one attached hydrogen (secondary N) is 1. The molecule has 0 spiro atoms. The second-order valence-electron chi connectivity index (χ2n) is 0.968. The molecule has 5 N–H and O–H groups in total. The number of hydrogen-bond donors (Lipinski definition) is 3. The first kappa shape index (κ1) is 6.63. The quantitative estimate of drug-likeness (QED) is 0.124. The molecule has 0 aromatic carbocycles. The zero-order chi connectivity index (χ0) is 6.73. The molecule has 7 nitrogen and oxygen atoms in total. The van der Waals surface area contributed by atoms with Gasteiger partial charge in [0.25, 0.3) is 5.96 Å². The number of nitrogens with two attached hydrogens (primary N) is 2. The van der Waals surface area contributed by atoms with Gasteiger partial charge in [0.05, 0.1) is 0 Å². The maximum absolute atomic E-state index is 9.53. The molecular weight excluding hydrogens is 114 g/mol. The van der Waals surface area contributed by atoms with Crippen LogP contribution >= 0.6 is 0 Å². The van der Waals surface area contributed by atoms with E-state index in [1.165, 1.54) is 0 Å². The van der Waals surface area contributed by atoms with Gasteiger partial charge in [0, 0.05) is 5.12 Å². The van der Waals surface area contributed by atoms with Gasteiger partial charge < -0.3 is 5.73 Å². The van der Waals surface area contributed by atoms with Crippen LogP contribution in [0.1, 0.15) is 0 Å². The Labute approximate surface area is 44.5 Å². The molecule has 46 valence electrons. The van der Waals surface area contributed by atoms with Gasteiger partial charge in [0.1, 0.15) is 0 Å². The highest BCUT2D eigenvalue weighted by atomic mass is 16.7. The summed E-state index contributed by atoms with van der Waals surface area (Å²) in [6, 6.07) is 0. The van der Waals surface area contributed by atoms with Crippen LogP contribution in [0.3, 0.4) is 0 Å². The van der Waals surface area contributed by atoms with Crippen molar-refractivity contribution in [3.63, 3.8) is 0 Å². The Hall–Kier alpha value is -1.37. The summed E-state index contributed by atoms with van der Waals surface area (Å²) in [6.07, 6.45) is 0. The Balaban J connectivity index is 3.83. The molecule has 0 aromatic rings. The van der Waals surface area contributed by atoms with E-state index in [2.05, 4.69) is 11.6 Å². The minimum Gasteiger partial charge on any atom is -0.364 e. The van der Waals surface area contributed by atoms with E-state index in [4.69, 9.17) is 5.41 Å². The highest BCUT2D eigenvalue weighted by molar-refractivity contribution is 5.72. The SMILES string of the molecule is N=C(N)N(N)[N+](=O)[O-]. The van der Waals surface area contributed by atoms with Gasteiger partial charge in [-0.25, -0.2) is 10.1 Å². The molecule has 0 fully saturated rings. The number of hydrazine groups is 2. The summed E-state index contributed by atoms with van der Waals surface area (Å²) in [5.74, 6) is 3.75. The Morgan fingerprint density at radius 1 is 1.88 bits per heavy atom. The average Bonchev–Trinajstić information content (AvgIpc) is 1.64. The number of guanidine groups is 1. The monoisotopic (exact) mass is 119 g/mol. The normalized spacial score (nSPS) is 8.12. The summed E-state index contributed by atoms with van der Waals surface area (Å²) in [6.45, 7) is 0. The molecule has 0 bridgehead atoms. The van der Waals surface area contributed by atoms with Gasteiger partial charge in [-0.05, 0) is 0 Å². The Morgan fingerprint density at radius 3 is 2.25 bits per heavy atom. The molecule has 0 heterocycles. The molecule has 0 saturated carbocycles. The molecule has 0 amide bonds. The van der Waals surface area contributed by atoms with Crippen molar-refractivity contribution < 1.29 is 5.03 Å². The molecule has 8 heavy (non-hydrogen) atoms. The van der Waals surface area contributed by atoms with Crippen molar-refractivity contribution >= 4 is 5.96 Å². The second-order valence-corrected chi connectivity index (χ2v) is 0.968. The summed E-state index contributed by atoms with van der Waals surface area (Å²) in [5.41, 5.74) is 4.58. The van der Waals surface area contributed by atoms with Crippen molar-refractivity contribution in [3.05, 3.63) is 10.1 Å². The van der Waals surface area contributed by atoms with Gasteiger partial charge in [0.15, 0.2) is 5.03 Å². The summed E-state index contributed by atoms with van der Waals surface area (Å²) in [5, 5.41) is 14.8. The predicted molar refractivity (Wildman–Crippen MR) is 24.9 cm³/mol. The summed E-state index contributed by atoms with van der Waals surface area (Å²) < 4.78 is 0. The third kappa shape index (κ3) is 1.39. The molecule has 0 aromatic heterocycles. The first-order valence-electron chi connectivity index (χ1n) is 1.59. The highest BCUT2D eigenvalue weighted by Gasteiger charge is 2.09. The maximum atomic E-state index is 9.53. The number of rotatable bonds is 1. The third-order valence-electron chi connectivity index (χ3n) is 0.423. The second kappa shape index (κ2) is 2.07. The van der Waals surface area contributed by atoms with Crippen LogP contribution in [0.5, 0.6) is 0 Å². The van der Waals surface area contributed by atoms with Crippen LogP contribution in [0.2, 0.25) is 0 Å². The van der Waals surface area contributed by atoms with Crippen LogP contribution in [0.15, 0.2) is 0 Å². The van der Waals surface area contributed by atoms with Gasteiger partial charge in [-0.1, -0.05) is 0 Å². The molecule has 0 aliphatic carbocycles. The van der Waals surface area contributed by atoms with Gasteiger partial charge >= 0.3 is 0 Å². The highest BCUT2D eigenvalue weighted by Crippen LogP contribution is 1.70. The largest absolute Gasteiger partial charge is 0.364 e. The number of nitro groups is 1. The van der Waals surface area contributed by atoms with E-state index in [-0.39, 0.29) is 5.12 Å². The van der Waals surface area contributed by atoms with Crippen molar-refractivity contribution in [1.29, 1.82) is 5.41 Å². The van der Waals surface area contributed by atoms with Crippen molar-refractivity contribution in [2.45, 2.75) is 0 Å². The molecular formula is CH5N5O2. The van der Waals surface area contributed by atoms with Crippen LogP contribution in [-0.4, -0.2) is 16.1 Å². The Morgan fingerprint density at radius 2 is 2.25 bits per heavy atom. The molecule has 0 rings (SSSR count). The summed E-state index contributed by atoms with van der Waals surface area (Å²) in [7, 11) is 0. The minimum atomic E-state index is -0.998. The summed E-state index contributed by atoms with van der Waals surface area (Å²) >= 11 is 0. The van der Waals surface area contributed by atoms with Crippen molar-refractivity contribution in [2.75, 3.05) is 0 Å². The van der Waals surface area contributed by atoms with E-state index >= 15 is 0 Å². The van der Waals surface area contributed by atoms with E-state index in [0.29, 0.717) is 0 Å². The van der Waals surface area contributed by atoms with E-state index < -0.39 is 11.0 Å². The molecule has 0 atom stereocenters. The fourth-order valence-electron chi connectivity index (χ4n) is 0.0880. The first-order chi connectivity index (χ1) is 3.55.